The van der Waals surface area contributed by atoms with Gasteiger partial charge in [0, 0.05) is 49.8 Å². The highest BCUT2D eigenvalue weighted by molar-refractivity contribution is 5.90. The number of imidazole rings is 1. The van der Waals surface area contributed by atoms with E-state index in [1.807, 2.05) is 31.7 Å². The Morgan fingerprint density at radius 1 is 1.35 bits per heavy atom. The summed E-state index contributed by atoms with van der Waals surface area (Å²) in [7, 11) is 6.10. The molecular weight excluding hydrogens is 330 g/mol. The van der Waals surface area contributed by atoms with Crippen LogP contribution in [-0.4, -0.2) is 63.6 Å². The van der Waals surface area contributed by atoms with Crippen LogP contribution in [0.15, 0.2) is 12.4 Å². The van der Waals surface area contributed by atoms with Gasteiger partial charge in [0.2, 0.25) is 5.82 Å². The molecule has 1 saturated heterocycles. The van der Waals surface area contributed by atoms with Gasteiger partial charge >= 0.3 is 0 Å². The SMILES string of the molecule is Cc1nc(C(=O)NCc2nccn2C)nc(N2CC[C@@H](N(C)C)C2)c1C. The Bertz CT molecular complexity index is 799. The average molecular weight is 357 g/mol. The Morgan fingerprint density at radius 2 is 2.12 bits per heavy atom. The summed E-state index contributed by atoms with van der Waals surface area (Å²) in [4.78, 5) is 30.2. The Kier molecular flexibility index (Phi) is 5.22. The van der Waals surface area contributed by atoms with Crippen LogP contribution in [0.5, 0.6) is 0 Å². The molecule has 0 saturated carbocycles. The number of carbonyl (C=O) groups excluding carboxylic acids is 1. The molecule has 1 aliphatic rings. The summed E-state index contributed by atoms with van der Waals surface area (Å²) in [5.74, 6) is 1.59. The number of hydrogen-bond acceptors (Lipinski definition) is 6. The second-order valence-electron chi connectivity index (χ2n) is 7.07. The molecule has 0 aromatic carbocycles. The fourth-order valence-electron chi connectivity index (χ4n) is 3.18. The zero-order valence-corrected chi connectivity index (χ0v) is 16.2. The summed E-state index contributed by atoms with van der Waals surface area (Å²) in [6.45, 7) is 6.15. The van der Waals surface area contributed by atoms with E-state index in [0.717, 1.165) is 42.4 Å². The van der Waals surface area contributed by atoms with Crippen molar-refractivity contribution in [2.75, 3.05) is 32.1 Å². The van der Waals surface area contributed by atoms with Gasteiger partial charge in [0.1, 0.15) is 11.6 Å². The highest BCUT2D eigenvalue weighted by Gasteiger charge is 2.27. The lowest BCUT2D eigenvalue weighted by Gasteiger charge is -2.23. The third kappa shape index (κ3) is 3.70. The molecule has 1 N–H and O–H groups in total. The minimum atomic E-state index is -0.277. The van der Waals surface area contributed by atoms with E-state index in [1.165, 1.54) is 0 Å². The van der Waals surface area contributed by atoms with Crippen molar-refractivity contribution < 1.29 is 4.79 Å². The molecule has 8 nitrogen and oxygen atoms in total. The summed E-state index contributed by atoms with van der Waals surface area (Å²) in [5.41, 5.74) is 1.87. The monoisotopic (exact) mass is 357 g/mol. The Balaban J connectivity index is 1.77. The standard InChI is InChI=1S/C18H27N7O/c1-12-13(2)21-16(18(26)20-10-15-19-7-9-24(15)5)22-17(12)25-8-6-14(11-25)23(3)4/h7,9,14H,6,8,10-11H2,1-5H3,(H,20,26)/t14-/m1/s1. The van der Waals surface area contributed by atoms with E-state index in [2.05, 4.69) is 44.2 Å². The normalized spacial score (nSPS) is 17.2. The van der Waals surface area contributed by atoms with Crippen molar-refractivity contribution in [2.45, 2.75) is 32.9 Å². The number of aromatic nitrogens is 4. The Hall–Kier alpha value is -2.48. The number of likely N-dealkylation sites (N-methyl/N-ethyl adjacent to an activating group) is 1. The number of carbonyl (C=O) groups is 1. The lowest BCUT2D eigenvalue weighted by atomic mass is 10.2. The van der Waals surface area contributed by atoms with Crippen LogP contribution in [0.3, 0.4) is 0 Å². The molecule has 0 aliphatic carbocycles. The molecule has 1 amide bonds. The molecule has 0 radical (unpaired) electrons. The predicted molar refractivity (Wildman–Crippen MR) is 100 cm³/mol. The molecule has 1 aliphatic heterocycles. The first kappa shape index (κ1) is 18.3. The third-order valence-electron chi connectivity index (χ3n) is 5.09. The van der Waals surface area contributed by atoms with Crippen molar-refractivity contribution in [1.82, 2.24) is 29.7 Å². The number of nitrogens with zero attached hydrogens (tertiary/aromatic N) is 6. The van der Waals surface area contributed by atoms with Crippen LogP contribution in [0, 0.1) is 13.8 Å². The minimum absolute atomic E-state index is 0.214. The van der Waals surface area contributed by atoms with E-state index in [-0.39, 0.29) is 11.7 Å². The van der Waals surface area contributed by atoms with Crippen LogP contribution in [-0.2, 0) is 13.6 Å². The highest BCUT2D eigenvalue weighted by atomic mass is 16.2. The lowest BCUT2D eigenvalue weighted by Crippen LogP contribution is -2.33. The fourth-order valence-corrected chi connectivity index (χ4v) is 3.18. The molecule has 1 atom stereocenters. The summed E-state index contributed by atoms with van der Waals surface area (Å²) in [5, 5.41) is 2.86. The average Bonchev–Trinajstić information content (AvgIpc) is 3.24. The molecule has 0 unspecified atom stereocenters. The highest BCUT2D eigenvalue weighted by Crippen LogP contribution is 2.25. The number of hydrogen-bond donors (Lipinski definition) is 1. The zero-order chi connectivity index (χ0) is 18.8. The number of amides is 1. The van der Waals surface area contributed by atoms with Gasteiger partial charge in [0.25, 0.3) is 5.91 Å². The van der Waals surface area contributed by atoms with Crippen LogP contribution in [0.25, 0.3) is 0 Å². The largest absolute Gasteiger partial charge is 0.355 e. The number of rotatable bonds is 5. The lowest BCUT2D eigenvalue weighted by molar-refractivity contribution is 0.0939. The molecular formula is C18H27N7O. The topological polar surface area (TPSA) is 79.2 Å². The molecule has 2 aromatic heterocycles. The molecule has 26 heavy (non-hydrogen) atoms. The van der Waals surface area contributed by atoms with Gasteiger partial charge in [-0.2, -0.15) is 0 Å². The maximum absolute atomic E-state index is 12.6. The van der Waals surface area contributed by atoms with Gasteiger partial charge < -0.3 is 19.7 Å². The van der Waals surface area contributed by atoms with Crippen molar-refractivity contribution in [3.63, 3.8) is 0 Å². The maximum atomic E-state index is 12.6. The van der Waals surface area contributed by atoms with Crippen molar-refractivity contribution in [3.8, 4) is 0 Å². The van der Waals surface area contributed by atoms with Gasteiger partial charge in [-0.05, 0) is 34.4 Å². The first-order valence-electron chi connectivity index (χ1n) is 8.88. The third-order valence-corrected chi connectivity index (χ3v) is 5.09. The molecule has 0 spiro atoms. The van der Waals surface area contributed by atoms with E-state index in [0.29, 0.717) is 12.6 Å². The van der Waals surface area contributed by atoms with Crippen LogP contribution in [0.1, 0.15) is 34.1 Å². The molecule has 0 bridgehead atoms. The van der Waals surface area contributed by atoms with Crippen molar-refractivity contribution in [3.05, 3.63) is 35.3 Å². The second-order valence-corrected chi connectivity index (χ2v) is 7.07. The summed E-state index contributed by atoms with van der Waals surface area (Å²) in [6.07, 6.45) is 4.65. The molecule has 8 heteroatoms. The van der Waals surface area contributed by atoms with Crippen LogP contribution in [0.2, 0.25) is 0 Å². The Morgan fingerprint density at radius 3 is 2.73 bits per heavy atom. The van der Waals surface area contributed by atoms with Crippen LogP contribution >= 0.6 is 0 Å². The van der Waals surface area contributed by atoms with Crippen LogP contribution < -0.4 is 10.2 Å². The summed E-state index contributed by atoms with van der Waals surface area (Å²) < 4.78 is 1.87. The fraction of sp³-hybridized carbons (Fsp3) is 0.556. The maximum Gasteiger partial charge on any atom is 0.289 e. The zero-order valence-electron chi connectivity index (χ0n) is 16.2. The Labute approximate surface area is 154 Å². The first-order valence-corrected chi connectivity index (χ1v) is 8.88. The quantitative estimate of drug-likeness (QED) is 0.856. The van der Waals surface area contributed by atoms with E-state index in [1.54, 1.807) is 6.20 Å². The number of nitrogens with one attached hydrogen (secondary N) is 1. The van der Waals surface area contributed by atoms with Gasteiger partial charge in [-0.25, -0.2) is 15.0 Å². The molecule has 3 heterocycles. The van der Waals surface area contributed by atoms with Gasteiger partial charge in [-0.15, -0.1) is 0 Å². The van der Waals surface area contributed by atoms with Gasteiger partial charge in [-0.1, -0.05) is 0 Å². The van der Waals surface area contributed by atoms with Gasteiger partial charge in [0.15, 0.2) is 0 Å². The molecule has 140 valence electrons. The molecule has 2 aromatic rings. The van der Waals surface area contributed by atoms with Gasteiger partial charge in [0.05, 0.1) is 6.54 Å². The first-order chi connectivity index (χ1) is 12.4. The predicted octanol–water partition coefficient (Wildman–Crippen LogP) is 0.897. The van der Waals surface area contributed by atoms with Crippen molar-refractivity contribution >= 4 is 11.7 Å². The molecule has 3 rings (SSSR count). The number of anilines is 1. The molecule has 1 fully saturated rings. The van der Waals surface area contributed by atoms with E-state index < -0.39 is 0 Å². The van der Waals surface area contributed by atoms with E-state index in [9.17, 15) is 4.79 Å². The number of aryl methyl sites for hydroxylation is 2. The summed E-state index contributed by atoms with van der Waals surface area (Å²) >= 11 is 0. The van der Waals surface area contributed by atoms with Crippen molar-refractivity contribution in [1.29, 1.82) is 0 Å². The van der Waals surface area contributed by atoms with Crippen LogP contribution in [0.4, 0.5) is 5.82 Å². The van der Waals surface area contributed by atoms with Crippen molar-refractivity contribution in [2.24, 2.45) is 7.05 Å². The smallest absolute Gasteiger partial charge is 0.289 e. The minimum Gasteiger partial charge on any atom is -0.355 e. The second kappa shape index (κ2) is 7.41. The summed E-state index contributed by atoms with van der Waals surface area (Å²) in [6, 6.07) is 0.505. The van der Waals surface area contributed by atoms with E-state index >= 15 is 0 Å². The van der Waals surface area contributed by atoms with E-state index in [4.69, 9.17) is 0 Å². The van der Waals surface area contributed by atoms with Gasteiger partial charge in [-0.3, -0.25) is 4.79 Å².